The van der Waals surface area contributed by atoms with E-state index in [1.54, 1.807) is 0 Å². The summed E-state index contributed by atoms with van der Waals surface area (Å²) < 4.78 is 45.4. The van der Waals surface area contributed by atoms with Crippen LogP contribution in [0.15, 0.2) is 33.1 Å². The van der Waals surface area contributed by atoms with Gasteiger partial charge in [-0.05, 0) is 23.7 Å². The van der Waals surface area contributed by atoms with Gasteiger partial charge in [0, 0.05) is 23.1 Å². The molecule has 9 heteroatoms. The van der Waals surface area contributed by atoms with Crippen LogP contribution >= 0.6 is 0 Å². The Kier molecular flexibility index (Phi) is 3.46. The number of sulfone groups is 2. The first-order valence-corrected chi connectivity index (χ1v) is 8.03. The first-order chi connectivity index (χ1) is 7.64. The van der Waals surface area contributed by atoms with Gasteiger partial charge in [0.1, 0.15) is 0 Å². The van der Waals surface area contributed by atoms with E-state index in [4.69, 9.17) is 5.53 Å². The third-order valence-corrected chi connectivity index (χ3v) is 4.07. The Hall–Kier alpha value is -1.57. The van der Waals surface area contributed by atoms with Crippen LogP contribution in [-0.2, 0) is 19.7 Å². The minimum absolute atomic E-state index is 0.0594. The van der Waals surface area contributed by atoms with E-state index in [0.29, 0.717) is 0 Å². The van der Waals surface area contributed by atoms with Gasteiger partial charge in [-0.3, -0.25) is 0 Å². The Morgan fingerprint density at radius 2 is 1.41 bits per heavy atom. The molecule has 0 amide bonds. The van der Waals surface area contributed by atoms with Crippen molar-refractivity contribution < 1.29 is 16.8 Å². The van der Waals surface area contributed by atoms with E-state index in [-0.39, 0.29) is 15.5 Å². The minimum Gasteiger partial charge on any atom is -0.224 e. The van der Waals surface area contributed by atoms with E-state index < -0.39 is 19.7 Å². The molecule has 7 nitrogen and oxygen atoms in total. The summed E-state index contributed by atoms with van der Waals surface area (Å²) in [4.78, 5) is 2.08. The molecule has 0 fully saturated rings. The van der Waals surface area contributed by atoms with Gasteiger partial charge in [-0.15, -0.1) is 0 Å². The van der Waals surface area contributed by atoms with Crippen molar-refractivity contribution in [3.8, 4) is 0 Å². The predicted molar refractivity (Wildman–Crippen MR) is 61.5 cm³/mol. The summed E-state index contributed by atoms with van der Waals surface area (Å²) in [5.74, 6) is 0. The summed E-state index contributed by atoms with van der Waals surface area (Å²) in [5.41, 5.74) is 8.21. The molecule has 0 atom stereocenters. The summed E-state index contributed by atoms with van der Waals surface area (Å²) in [5, 5.41) is 3.21. The zero-order chi connectivity index (χ0) is 13.3. The molecular weight excluding hydrogens is 266 g/mol. The van der Waals surface area contributed by atoms with Crippen LogP contribution in [0.5, 0.6) is 0 Å². The highest BCUT2D eigenvalue weighted by molar-refractivity contribution is 7.91. The van der Waals surface area contributed by atoms with Crippen LogP contribution < -0.4 is 0 Å². The highest BCUT2D eigenvalue weighted by Gasteiger charge is 2.14. The van der Waals surface area contributed by atoms with Crippen molar-refractivity contribution in [2.75, 3.05) is 12.5 Å². The SMILES string of the molecule is CS(=O)(=O)c1cc(N=[N+]=[N-])cc(S(C)(=O)=O)c1. The van der Waals surface area contributed by atoms with Crippen LogP contribution in [0.2, 0.25) is 0 Å². The molecule has 0 saturated heterocycles. The summed E-state index contributed by atoms with van der Waals surface area (Å²) >= 11 is 0. The predicted octanol–water partition coefficient (Wildman–Crippen LogP) is 1.44. The molecule has 0 aliphatic carbocycles. The molecule has 0 radical (unpaired) electrons. The average Bonchev–Trinajstić information content (AvgIpc) is 2.15. The number of azide groups is 1. The van der Waals surface area contributed by atoms with Crippen molar-refractivity contribution in [3.05, 3.63) is 28.6 Å². The molecule has 0 aromatic heterocycles. The fraction of sp³-hybridized carbons (Fsp3) is 0.250. The molecule has 0 N–H and O–H groups in total. The molecule has 0 bridgehead atoms. The van der Waals surface area contributed by atoms with Crippen LogP contribution in [0, 0.1) is 0 Å². The maximum atomic E-state index is 11.3. The maximum absolute atomic E-state index is 11.3. The van der Waals surface area contributed by atoms with Gasteiger partial charge < -0.3 is 0 Å². The van der Waals surface area contributed by atoms with Crippen LogP contribution in [0.25, 0.3) is 10.4 Å². The van der Waals surface area contributed by atoms with Gasteiger partial charge in [-0.2, -0.15) is 0 Å². The molecule has 0 unspecified atom stereocenters. The van der Waals surface area contributed by atoms with E-state index in [9.17, 15) is 16.8 Å². The Morgan fingerprint density at radius 3 is 1.71 bits per heavy atom. The van der Waals surface area contributed by atoms with Gasteiger partial charge in [0.05, 0.1) is 9.79 Å². The van der Waals surface area contributed by atoms with E-state index in [0.717, 1.165) is 30.7 Å². The Morgan fingerprint density at radius 1 is 1.00 bits per heavy atom. The third kappa shape index (κ3) is 3.45. The van der Waals surface area contributed by atoms with Gasteiger partial charge in [0.15, 0.2) is 19.7 Å². The molecule has 0 saturated carbocycles. The molecule has 0 heterocycles. The monoisotopic (exact) mass is 275 g/mol. The van der Waals surface area contributed by atoms with Gasteiger partial charge in [-0.25, -0.2) is 16.8 Å². The molecule has 1 aromatic carbocycles. The normalized spacial score (nSPS) is 11.9. The topological polar surface area (TPSA) is 117 Å². The molecule has 1 aromatic rings. The van der Waals surface area contributed by atoms with Crippen molar-refractivity contribution in [2.24, 2.45) is 5.11 Å². The second-order valence-electron chi connectivity index (χ2n) is 3.40. The first kappa shape index (κ1) is 13.5. The lowest BCUT2D eigenvalue weighted by molar-refractivity contribution is 0.600. The Balaban J connectivity index is 3.68. The third-order valence-electron chi connectivity index (χ3n) is 1.88. The largest absolute Gasteiger partial charge is 0.224 e. The first-order valence-electron chi connectivity index (χ1n) is 4.25. The lowest BCUT2D eigenvalue weighted by Crippen LogP contribution is -2.02. The van der Waals surface area contributed by atoms with Gasteiger partial charge >= 0.3 is 0 Å². The highest BCUT2D eigenvalue weighted by Crippen LogP contribution is 2.24. The molecule has 0 aliphatic heterocycles. The summed E-state index contributed by atoms with van der Waals surface area (Å²) in [7, 11) is -7.15. The molecular formula is C8H9N3O4S2. The van der Waals surface area contributed by atoms with E-state index in [2.05, 4.69) is 10.0 Å². The van der Waals surface area contributed by atoms with Crippen LogP contribution in [0.1, 0.15) is 0 Å². The number of hydrogen-bond acceptors (Lipinski definition) is 5. The molecule has 1 rings (SSSR count). The van der Waals surface area contributed by atoms with Crippen molar-refractivity contribution in [1.29, 1.82) is 0 Å². The Bertz CT molecular complexity index is 650. The maximum Gasteiger partial charge on any atom is 0.175 e. The number of hydrogen-bond donors (Lipinski definition) is 0. The summed E-state index contributed by atoms with van der Waals surface area (Å²) in [6.07, 6.45) is 1.88. The fourth-order valence-electron chi connectivity index (χ4n) is 1.09. The van der Waals surface area contributed by atoms with Crippen LogP contribution in [0.3, 0.4) is 0 Å². The smallest absolute Gasteiger partial charge is 0.175 e. The van der Waals surface area contributed by atoms with E-state index >= 15 is 0 Å². The standard InChI is InChI=1S/C8H9N3O4S2/c1-16(12,13)7-3-6(10-11-9)4-8(5-7)17(2,14)15/h3-5H,1-2H3. The molecule has 92 valence electrons. The van der Waals surface area contributed by atoms with Gasteiger partial charge in [0.2, 0.25) is 0 Å². The summed E-state index contributed by atoms with van der Waals surface area (Å²) in [6, 6.07) is 3.26. The number of nitrogens with zero attached hydrogens (tertiary/aromatic N) is 3. The molecule has 0 spiro atoms. The van der Waals surface area contributed by atoms with E-state index in [1.165, 1.54) is 0 Å². The van der Waals surface area contributed by atoms with E-state index in [1.807, 2.05) is 0 Å². The second kappa shape index (κ2) is 4.36. The average molecular weight is 275 g/mol. The lowest BCUT2D eigenvalue weighted by atomic mass is 10.3. The van der Waals surface area contributed by atoms with Gasteiger partial charge in [0.25, 0.3) is 0 Å². The zero-order valence-corrected chi connectivity index (χ0v) is 10.7. The van der Waals surface area contributed by atoms with Crippen LogP contribution in [0.4, 0.5) is 5.69 Å². The second-order valence-corrected chi connectivity index (χ2v) is 7.43. The van der Waals surface area contributed by atoms with Gasteiger partial charge in [-0.1, -0.05) is 5.11 Å². The van der Waals surface area contributed by atoms with Crippen molar-refractivity contribution in [2.45, 2.75) is 9.79 Å². The van der Waals surface area contributed by atoms with Crippen LogP contribution in [-0.4, -0.2) is 29.3 Å². The van der Waals surface area contributed by atoms with Crippen molar-refractivity contribution in [3.63, 3.8) is 0 Å². The molecule has 0 aliphatic rings. The lowest BCUT2D eigenvalue weighted by Gasteiger charge is -2.04. The quantitative estimate of drug-likeness (QED) is 0.471. The fourth-order valence-corrected chi connectivity index (χ4v) is 2.52. The number of rotatable bonds is 3. The molecule has 17 heavy (non-hydrogen) atoms. The number of benzene rings is 1. The Labute approximate surface area is 98.5 Å². The van der Waals surface area contributed by atoms with Crippen molar-refractivity contribution in [1.82, 2.24) is 0 Å². The minimum atomic E-state index is -3.57. The van der Waals surface area contributed by atoms with Crippen molar-refractivity contribution >= 4 is 25.4 Å². The highest BCUT2D eigenvalue weighted by atomic mass is 32.2. The summed E-state index contributed by atoms with van der Waals surface area (Å²) in [6.45, 7) is 0. The zero-order valence-electron chi connectivity index (χ0n) is 9.02.